The number of aromatic nitrogens is 3. The summed E-state index contributed by atoms with van der Waals surface area (Å²) in [7, 11) is 1.72. The first-order valence-electron chi connectivity index (χ1n) is 21.3. The maximum Gasteiger partial charge on any atom is 0.328 e. The van der Waals surface area contributed by atoms with Crippen LogP contribution in [0.25, 0.3) is 22.2 Å². The Morgan fingerprint density at radius 2 is 1.70 bits per heavy atom. The summed E-state index contributed by atoms with van der Waals surface area (Å²) < 4.78 is 24.6. The van der Waals surface area contributed by atoms with E-state index in [-0.39, 0.29) is 42.0 Å². The van der Waals surface area contributed by atoms with Crippen LogP contribution in [0.3, 0.4) is 0 Å². The van der Waals surface area contributed by atoms with Crippen LogP contribution >= 0.6 is 0 Å². The van der Waals surface area contributed by atoms with E-state index in [1.165, 1.54) is 0 Å². The number of urea groups is 1. The molecule has 6 heterocycles. The number of amides is 4. The Morgan fingerprint density at radius 1 is 0.934 bits per heavy atom. The number of aromatic hydroxyl groups is 1. The number of hydrogen-bond donors (Lipinski definition) is 3. The summed E-state index contributed by atoms with van der Waals surface area (Å²) in [6.45, 7) is 4.36. The van der Waals surface area contributed by atoms with Crippen molar-refractivity contribution in [3.8, 4) is 17.0 Å². The molecule has 15 heteroatoms. The molecule has 61 heavy (non-hydrogen) atoms. The molecule has 3 aromatic carbocycles. The molecular formula is C46H52FN9O5. The monoisotopic (exact) mass is 829 g/mol. The van der Waals surface area contributed by atoms with Crippen molar-refractivity contribution >= 4 is 45.9 Å². The van der Waals surface area contributed by atoms with E-state index >= 15 is 4.39 Å². The second-order valence-corrected chi connectivity index (χ2v) is 16.9. The standard InChI is InChI=1S/C46H52FN9O5/c1-61-41-15-21-54(39-27-37(50-51-43(39)48)35-4-2-3-5-40(35)57)28-36(41)30-6-8-31(9-7-30)44(59)53-24-17-46(47,18-25-53)29-52-19-13-33(14-20-52)55-22-12-32-26-34(10-11-38(32)55)56-23-16-42(58)49-45(56)60/h2-12,22,26-27,33,36,41,57H,13-21,23-25,28-29H2,1H3,(H2,48,51)(H,49,58,60)/t36-,41-/m0/s1. The van der Waals surface area contributed by atoms with Gasteiger partial charge in [-0.2, -0.15) is 0 Å². The normalized spacial score (nSPS) is 21.5. The lowest BCUT2D eigenvalue weighted by Gasteiger charge is -2.41. The second-order valence-electron chi connectivity index (χ2n) is 16.9. The minimum atomic E-state index is -1.35. The molecule has 4 aliphatic rings. The highest BCUT2D eigenvalue weighted by atomic mass is 19.1. The second kappa shape index (κ2) is 16.8. The predicted molar refractivity (Wildman–Crippen MR) is 231 cm³/mol. The maximum absolute atomic E-state index is 16.4. The zero-order valence-corrected chi connectivity index (χ0v) is 34.4. The lowest BCUT2D eigenvalue weighted by molar-refractivity contribution is -0.120. The Balaban J connectivity index is 0.779. The number of anilines is 3. The Hall–Kier alpha value is -6.06. The number of para-hydroxylation sites is 1. The van der Waals surface area contributed by atoms with Gasteiger partial charge in [0.1, 0.15) is 11.4 Å². The number of imide groups is 1. The summed E-state index contributed by atoms with van der Waals surface area (Å²) >= 11 is 0. The number of piperidine rings is 3. The van der Waals surface area contributed by atoms with Crippen LogP contribution in [0.5, 0.6) is 5.75 Å². The SMILES string of the molecule is CO[C@H]1CCN(c2cc(-c3ccccc3O)nnc2N)C[C@H]1c1ccc(C(=O)N2CCC(F)(CN3CCC(n4ccc5cc(N6CCC(=O)NC6=O)ccc54)CC3)CC2)cc1. The molecule has 4 aliphatic heterocycles. The summed E-state index contributed by atoms with van der Waals surface area (Å²) in [6.07, 6.45) is 5.50. The van der Waals surface area contributed by atoms with Gasteiger partial charge in [0.05, 0.1) is 17.5 Å². The third-order valence-electron chi connectivity index (χ3n) is 13.2. The number of methoxy groups -OCH3 is 1. The molecule has 4 N–H and O–H groups in total. The Bertz CT molecular complexity index is 2430. The highest BCUT2D eigenvalue weighted by Crippen LogP contribution is 2.38. The topological polar surface area (TPSA) is 162 Å². The van der Waals surface area contributed by atoms with Crippen LogP contribution in [-0.4, -0.2) is 119 Å². The van der Waals surface area contributed by atoms with Gasteiger partial charge in [0.25, 0.3) is 5.91 Å². The number of likely N-dealkylation sites (tertiary alicyclic amines) is 2. The zero-order valence-electron chi connectivity index (χ0n) is 34.4. The van der Waals surface area contributed by atoms with E-state index in [1.54, 1.807) is 35.1 Å². The lowest BCUT2D eigenvalue weighted by atomic mass is 9.87. The number of nitrogens with two attached hydrogens (primary N) is 1. The number of ether oxygens (including phenoxy) is 1. The number of rotatable bonds is 9. The van der Waals surface area contributed by atoms with Crippen LogP contribution in [0.15, 0.2) is 85.1 Å². The number of hydrogen-bond acceptors (Lipinski definition) is 10. The van der Waals surface area contributed by atoms with Crippen LogP contribution in [0.1, 0.15) is 66.4 Å². The average Bonchev–Trinajstić information content (AvgIpc) is 3.70. The minimum Gasteiger partial charge on any atom is -0.507 e. The number of carbonyl (C=O) groups excluding carboxylic acids is 3. The molecule has 14 nitrogen and oxygen atoms in total. The highest BCUT2D eigenvalue weighted by Gasteiger charge is 2.39. The fourth-order valence-corrected chi connectivity index (χ4v) is 9.75. The molecule has 9 rings (SSSR count). The van der Waals surface area contributed by atoms with Crippen LogP contribution < -0.4 is 20.9 Å². The molecule has 4 amide bonds. The molecule has 318 valence electrons. The fraction of sp³-hybridized carbons (Fsp3) is 0.413. The van der Waals surface area contributed by atoms with Crippen LogP contribution in [-0.2, 0) is 9.53 Å². The van der Waals surface area contributed by atoms with E-state index in [0.29, 0.717) is 74.7 Å². The number of phenols is 1. The van der Waals surface area contributed by atoms with E-state index in [0.717, 1.165) is 60.2 Å². The van der Waals surface area contributed by atoms with Gasteiger partial charge in [0.15, 0.2) is 5.82 Å². The van der Waals surface area contributed by atoms with E-state index in [9.17, 15) is 19.5 Å². The molecule has 0 radical (unpaired) electrons. The summed E-state index contributed by atoms with van der Waals surface area (Å²) in [4.78, 5) is 45.5. The number of benzene rings is 3. The molecular weight excluding hydrogens is 778 g/mol. The number of alkyl halides is 1. The maximum atomic E-state index is 16.4. The van der Waals surface area contributed by atoms with Crippen molar-refractivity contribution in [3.63, 3.8) is 0 Å². The Morgan fingerprint density at radius 3 is 2.44 bits per heavy atom. The summed E-state index contributed by atoms with van der Waals surface area (Å²) in [5.74, 6) is 0.0865. The van der Waals surface area contributed by atoms with E-state index in [1.807, 2.05) is 54.6 Å². The summed E-state index contributed by atoms with van der Waals surface area (Å²) in [5.41, 5.74) is 10.3. The first kappa shape index (κ1) is 40.4. The number of nitrogens with one attached hydrogen (secondary N) is 1. The first-order valence-corrected chi connectivity index (χ1v) is 21.3. The molecule has 5 aromatic rings. The quantitative estimate of drug-likeness (QED) is 0.158. The van der Waals surface area contributed by atoms with Gasteiger partial charge >= 0.3 is 6.03 Å². The van der Waals surface area contributed by atoms with Gasteiger partial charge in [-0.05, 0) is 79.4 Å². The minimum absolute atomic E-state index is 0.00248. The van der Waals surface area contributed by atoms with E-state index < -0.39 is 11.7 Å². The zero-order chi connectivity index (χ0) is 42.3. The van der Waals surface area contributed by atoms with Crippen LogP contribution in [0.2, 0.25) is 0 Å². The third-order valence-corrected chi connectivity index (χ3v) is 13.2. The number of halogens is 1. The molecule has 2 aromatic heterocycles. The van der Waals surface area contributed by atoms with Gasteiger partial charge in [-0.1, -0.05) is 24.3 Å². The highest BCUT2D eigenvalue weighted by molar-refractivity contribution is 6.06. The Kier molecular flexibility index (Phi) is 11.1. The fourth-order valence-electron chi connectivity index (χ4n) is 9.75. The number of carbonyl (C=O) groups is 3. The van der Waals surface area contributed by atoms with Gasteiger partial charge in [-0.15, -0.1) is 10.2 Å². The smallest absolute Gasteiger partial charge is 0.328 e. The number of nitrogens with zero attached hydrogens (tertiary/aromatic N) is 7. The molecule has 4 saturated heterocycles. The number of phenolic OH excluding ortho intramolecular Hbond substituents is 1. The van der Waals surface area contributed by atoms with Gasteiger partial charge < -0.3 is 34.8 Å². The van der Waals surface area contributed by atoms with Crippen molar-refractivity contribution in [3.05, 3.63) is 96.2 Å². The largest absolute Gasteiger partial charge is 0.507 e. The summed E-state index contributed by atoms with van der Waals surface area (Å²) in [5, 5.41) is 22.3. The molecule has 0 spiro atoms. The third kappa shape index (κ3) is 8.23. The van der Waals surface area contributed by atoms with Crippen molar-refractivity contribution < 1.29 is 28.6 Å². The van der Waals surface area contributed by atoms with Gasteiger partial charge in [0.2, 0.25) is 5.91 Å². The Labute approximate surface area is 354 Å². The molecule has 0 bridgehead atoms. The number of fused-ring (bicyclic) bond motifs is 1. The summed E-state index contributed by atoms with van der Waals surface area (Å²) in [6, 6.07) is 24.5. The van der Waals surface area contributed by atoms with Crippen LogP contribution in [0.4, 0.5) is 26.4 Å². The van der Waals surface area contributed by atoms with Crippen molar-refractivity contribution in [2.45, 2.75) is 62.3 Å². The van der Waals surface area contributed by atoms with E-state index in [2.05, 4.69) is 42.1 Å². The van der Waals surface area contributed by atoms with Crippen molar-refractivity contribution in [2.24, 2.45) is 0 Å². The number of nitrogen functional groups attached to an aromatic ring is 1. The molecule has 0 aliphatic carbocycles. The van der Waals surface area contributed by atoms with Crippen molar-refractivity contribution in [2.75, 3.05) is 75.0 Å². The molecule has 0 unspecified atom stereocenters. The average molecular weight is 830 g/mol. The van der Waals surface area contributed by atoms with Crippen LogP contribution in [0, 0.1) is 0 Å². The lowest BCUT2D eigenvalue weighted by Crippen LogP contribution is -2.51. The predicted octanol–water partition coefficient (Wildman–Crippen LogP) is 6.12. The molecule has 0 saturated carbocycles. The molecule has 2 atom stereocenters. The van der Waals surface area contributed by atoms with Crippen molar-refractivity contribution in [1.29, 1.82) is 0 Å². The van der Waals surface area contributed by atoms with Gasteiger partial charge in [0, 0.05) is 125 Å². The molecule has 4 fully saturated rings. The van der Waals surface area contributed by atoms with E-state index in [4.69, 9.17) is 10.5 Å². The van der Waals surface area contributed by atoms with Gasteiger partial charge in [-0.3, -0.25) is 19.8 Å². The first-order chi connectivity index (χ1) is 29.6. The van der Waals surface area contributed by atoms with Gasteiger partial charge in [-0.25, -0.2) is 9.18 Å². The van der Waals surface area contributed by atoms with Crippen molar-refractivity contribution in [1.82, 2.24) is 29.9 Å².